The van der Waals surface area contributed by atoms with E-state index in [2.05, 4.69) is 47.1 Å². The number of nitrogens with zero attached hydrogens (tertiary/aromatic N) is 2. The molecule has 0 spiro atoms. The summed E-state index contributed by atoms with van der Waals surface area (Å²) in [6.45, 7) is 10.1. The number of hydrogen-bond acceptors (Lipinski definition) is 2. The Morgan fingerprint density at radius 2 is 1.67 bits per heavy atom. The van der Waals surface area contributed by atoms with Gasteiger partial charge in [-0.2, -0.15) is 0 Å². The van der Waals surface area contributed by atoms with Crippen LogP contribution in [0.5, 0.6) is 0 Å². The van der Waals surface area contributed by atoms with Gasteiger partial charge in [-0.05, 0) is 36.8 Å². The Balaban J connectivity index is 1.35. The Hall–Kier alpha value is -0.860. The predicted octanol–water partition coefficient (Wildman–Crippen LogP) is 3.60. The molecule has 2 aliphatic rings. The van der Waals surface area contributed by atoms with Crippen molar-refractivity contribution in [2.45, 2.75) is 38.5 Å². The zero-order chi connectivity index (χ0) is 14.5. The molecule has 1 aliphatic carbocycles. The Kier molecular flexibility index (Phi) is 5.32. The smallest absolute Gasteiger partial charge is 0.0110 e. The van der Waals surface area contributed by atoms with Gasteiger partial charge in [0.1, 0.15) is 0 Å². The van der Waals surface area contributed by atoms with Crippen molar-refractivity contribution in [2.75, 3.05) is 39.3 Å². The average Bonchev–Trinajstić information content (AvgIpc) is 3.29. The van der Waals surface area contributed by atoms with Gasteiger partial charge in [-0.1, -0.05) is 50.1 Å². The van der Waals surface area contributed by atoms with Crippen LogP contribution in [0.1, 0.15) is 44.1 Å². The largest absolute Gasteiger partial charge is 0.301 e. The minimum atomic E-state index is 0.841. The van der Waals surface area contributed by atoms with E-state index >= 15 is 0 Å². The molecular formula is C19H30N2. The molecule has 1 aromatic carbocycles. The van der Waals surface area contributed by atoms with Crippen LogP contribution in [-0.2, 0) is 0 Å². The summed E-state index contributed by atoms with van der Waals surface area (Å²) in [6.07, 6.45) is 5.51. The lowest BCUT2D eigenvalue weighted by atomic mass is 10.1. The van der Waals surface area contributed by atoms with Crippen LogP contribution in [0.25, 0.3) is 0 Å². The van der Waals surface area contributed by atoms with Gasteiger partial charge in [0.2, 0.25) is 0 Å². The molecule has 0 aromatic heterocycles. The Labute approximate surface area is 130 Å². The molecule has 0 radical (unpaired) electrons. The van der Waals surface area contributed by atoms with Gasteiger partial charge in [-0.3, -0.25) is 0 Å². The van der Waals surface area contributed by atoms with Gasteiger partial charge in [-0.15, -0.1) is 0 Å². The maximum atomic E-state index is 2.70. The second kappa shape index (κ2) is 7.42. The summed E-state index contributed by atoms with van der Waals surface area (Å²) < 4.78 is 0. The van der Waals surface area contributed by atoms with Crippen LogP contribution in [0.2, 0.25) is 0 Å². The SMILES string of the molecule is CCCCCN1CCN(CC2CC2c2ccccc2)CC1. The molecule has 1 heterocycles. The van der Waals surface area contributed by atoms with Crippen molar-refractivity contribution in [1.29, 1.82) is 0 Å². The molecule has 0 bridgehead atoms. The second-order valence-corrected chi connectivity index (χ2v) is 6.86. The van der Waals surface area contributed by atoms with Crippen molar-refractivity contribution >= 4 is 0 Å². The topological polar surface area (TPSA) is 6.48 Å². The molecule has 1 saturated carbocycles. The minimum absolute atomic E-state index is 0.841. The van der Waals surface area contributed by atoms with E-state index in [0.29, 0.717) is 0 Å². The van der Waals surface area contributed by atoms with Gasteiger partial charge < -0.3 is 9.80 Å². The van der Waals surface area contributed by atoms with Gasteiger partial charge in [0.15, 0.2) is 0 Å². The highest BCUT2D eigenvalue weighted by Gasteiger charge is 2.39. The Morgan fingerprint density at radius 1 is 0.952 bits per heavy atom. The molecule has 2 unspecified atom stereocenters. The summed E-state index contributed by atoms with van der Waals surface area (Å²) in [6, 6.07) is 11.1. The van der Waals surface area contributed by atoms with E-state index in [-0.39, 0.29) is 0 Å². The van der Waals surface area contributed by atoms with Crippen LogP contribution in [0.15, 0.2) is 30.3 Å². The maximum absolute atomic E-state index is 2.70. The van der Waals surface area contributed by atoms with Crippen molar-refractivity contribution in [1.82, 2.24) is 9.80 Å². The highest BCUT2D eigenvalue weighted by Crippen LogP contribution is 2.47. The van der Waals surface area contributed by atoms with Crippen molar-refractivity contribution in [2.24, 2.45) is 5.92 Å². The van der Waals surface area contributed by atoms with E-state index in [4.69, 9.17) is 0 Å². The highest BCUT2D eigenvalue weighted by atomic mass is 15.3. The minimum Gasteiger partial charge on any atom is -0.301 e. The highest BCUT2D eigenvalue weighted by molar-refractivity contribution is 5.25. The third kappa shape index (κ3) is 4.31. The van der Waals surface area contributed by atoms with E-state index in [0.717, 1.165) is 11.8 Å². The summed E-state index contributed by atoms with van der Waals surface area (Å²) in [5, 5.41) is 0. The fraction of sp³-hybridized carbons (Fsp3) is 0.684. The molecular weight excluding hydrogens is 256 g/mol. The fourth-order valence-corrected chi connectivity index (χ4v) is 3.67. The lowest BCUT2D eigenvalue weighted by Gasteiger charge is -2.34. The second-order valence-electron chi connectivity index (χ2n) is 6.86. The molecule has 1 aliphatic heterocycles. The summed E-state index contributed by atoms with van der Waals surface area (Å²) in [4.78, 5) is 5.36. The molecule has 21 heavy (non-hydrogen) atoms. The monoisotopic (exact) mass is 286 g/mol. The number of unbranched alkanes of at least 4 members (excludes halogenated alkanes) is 2. The molecule has 2 atom stereocenters. The first-order valence-electron chi connectivity index (χ1n) is 8.86. The molecule has 0 N–H and O–H groups in total. The van der Waals surface area contributed by atoms with Crippen molar-refractivity contribution in [3.63, 3.8) is 0 Å². The molecule has 2 nitrogen and oxygen atoms in total. The standard InChI is InChI=1S/C19H30N2/c1-2-3-7-10-20-11-13-21(14-12-20)16-18-15-19(18)17-8-5-4-6-9-17/h4-6,8-9,18-19H,2-3,7,10-16H2,1H3. The summed E-state index contributed by atoms with van der Waals surface area (Å²) in [5.74, 6) is 1.76. The van der Waals surface area contributed by atoms with Crippen LogP contribution >= 0.6 is 0 Å². The molecule has 1 saturated heterocycles. The Bertz CT molecular complexity index is 409. The van der Waals surface area contributed by atoms with Gasteiger partial charge in [-0.25, -0.2) is 0 Å². The maximum Gasteiger partial charge on any atom is 0.0110 e. The van der Waals surface area contributed by atoms with E-state index < -0.39 is 0 Å². The van der Waals surface area contributed by atoms with E-state index in [1.165, 1.54) is 65.0 Å². The summed E-state index contributed by atoms with van der Waals surface area (Å²) in [5.41, 5.74) is 1.56. The van der Waals surface area contributed by atoms with E-state index in [9.17, 15) is 0 Å². The first-order valence-corrected chi connectivity index (χ1v) is 8.86. The summed E-state index contributed by atoms with van der Waals surface area (Å²) in [7, 11) is 0. The average molecular weight is 286 g/mol. The van der Waals surface area contributed by atoms with Crippen LogP contribution in [0, 0.1) is 5.92 Å². The normalized spacial score (nSPS) is 26.9. The van der Waals surface area contributed by atoms with Crippen molar-refractivity contribution in [3.05, 3.63) is 35.9 Å². The molecule has 1 aromatic rings. The Morgan fingerprint density at radius 3 is 2.38 bits per heavy atom. The lowest BCUT2D eigenvalue weighted by molar-refractivity contribution is 0.126. The third-order valence-electron chi connectivity index (χ3n) is 5.19. The number of piperazine rings is 1. The van der Waals surface area contributed by atoms with Crippen molar-refractivity contribution < 1.29 is 0 Å². The lowest BCUT2D eigenvalue weighted by Crippen LogP contribution is -2.47. The fourth-order valence-electron chi connectivity index (χ4n) is 3.67. The van der Waals surface area contributed by atoms with Gasteiger partial charge in [0, 0.05) is 32.7 Å². The zero-order valence-electron chi connectivity index (χ0n) is 13.5. The third-order valence-corrected chi connectivity index (χ3v) is 5.19. The van der Waals surface area contributed by atoms with Gasteiger partial charge in [0.05, 0.1) is 0 Å². The predicted molar refractivity (Wildman–Crippen MR) is 89.7 cm³/mol. The first kappa shape index (κ1) is 15.1. The number of benzene rings is 1. The van der Waals surface area contributed by atoms with Crippen molar-refractivity contribution in [3.8, 4) is 0 Å². The summed E-state index contributed by atoms with van der Waals surface area (Å²) >= 11 is 0. The molecule has 116 valence electrons. The molecule has 2 heteroatoms. The number of rotatable bonds is 7. The number of hydrogen-bond donors (Lipinski definition) is 0. The van der Waals surface area contributed by atoms with Crippen LogP contribution in [0.3, 0.4) is 0 Å². The van der Waals surface area contributed by atoms with Gasteiger partial charge in [0.25, 0.3) is 0 Å². The van der Waals surface area contributed by atoms with E-state index in [1.807, 2.05) is 0 Å². The van der Waals surface area contributed by atoms with Crippen LogP contribution < -0.4 is 0 Å². The van der Waals surface area contributed by atoms with E-state index in [1.54, 1.807) is 5.56 Å². The van der Waals surface area contributed by atoms with Gasteiger partial charge >= 0.3 is 0 Å². The molecule has 3 rings (SSSR count). The quantitative estimate of drug-likeness (QED) is 0.707. The van der Waals surface area contributed by atoms with Crippen LogP contribution in [-0.4, -0.2) is 49.1 Å². The molecule has 2 fully saturated rings. The molecule has 0 amide bonds. The van der Waals surface area contributed by atoms with Crippen LogP contribution in [0.4, 0.5) is 0 Å². The zero-order valence-corrected chi connectivity index (χ0v) is 13.5. The first-order chi connectivity index (χ1) is 10.4.